The highest BCUT2D eigenvalue weighted by molar-refractivity contribution is 5.50. The predicted molar refractivity (Wildman–Crippen MR) is 94.7 cm³/mol. The van der Waals surface area contributed by atoms with Crippen LogP contribution in [0.1, 0.15) is 36.2 Å². The van der Waals surface area contributed by atoms with Crippen molar-refractivity contribution in [1.29, 1.82) is 0 Å². The van der Waals surface area contributed by atoms with Crippen molar-refractivity contribution in [1.82, 2.24) is 19.9 Å². The molecule has 1 saturated carbocycles. The molecule has 1 saturated heterocycles. The standard InChI is InChI=1S/C18H21F3N6/c1-11-12(2)23-10-24-16(11)26-8-6-14(9-26)27(13-3-4-13)17-22-7-5-15(25-17)18(19,20)21/h5,7,10,13-14H,3-4,6,8-9H2,1-2H3. The van der Waals surface area contributed by atoms with Crippen molar-refractivity contribution in [2.24, 2.45) is 0 Å². The Hall–Kier alpha value is -2.45. The van der Waals surface area contributed by atoms with Gasteiger partial charge in [-0.25, -0.2) is 19.9 Å². The molecule has 0 bridgehead atoms. The zero-order valence-corrected chi connectivity index (χ0v) is 15.2. The lowest BCUT2D eigenvalue weighted by atomic mass is 10.2. The van der Waals surface area contributed by atoms with Gasteiger partial charge >= 0.3 is 6.18 Å². The van der Waals surface area contributed by atoms with Gasteiger partial charge in [0.05, 0.1) is 6.04 Å². The summed E-state index contributed by atoms with van der Waals surface area (Å²) >= 11 is 0. The molecule has 2 aromatic heterocycles. The summed E-state index contributed by atoms with van der Waals surface area (Å²) in [4.78, 5) is 20.8. The van der Waals surface area contributed by atoms with Crippen LogP contribution in [0.3, 0.4) is 0 Å². The maximum absolute atomic E-state index is 13.1. The molecule has 1 atom stereocenters. The van der Waals surface area contributed by atoms with Gasteiger partial charge in [-0.05, 0) is 39.2 Å². The first-order valence-corrected chi connectivity index (χ1v) is 9.06. The van der Waals surface area contributed by atoms with Gasteiger partial charge in [0.25, 0.3) is 0 Å². The van der Waals surface area contributed by atoms with Gasteiger partial charge in [0, 0.05) is 36.6 Å². The van der Waals surface area contributed by atoms with Crippen LogP contribution in [0.2, 0.25) is 0 Å². The second-order valence-electron chi connectivity index (χ2n) is 7.17. The van der Waals surface area contributed by atoms with Crippen LogP contribution in [0.25, 0.3) is 0 Å². The van der Waals surface area contributed by atoms with Crippen LogP contribution in [0, 0.1) is 13.8 Å². The Labute approximate surface area is 155 Å². The average Bonchev–Trinajstić information content (AvgIpc) is 3.34. The van der Waals surface area contributed by atoms with E-state index in [1.165, 1.54) is 6.20 Å². The van der Waals surface area contributed by atoms with Gasteiger partial charge in [0.1, 0.15) is 17.8 Å². The Kier molecular flexibility index (Phi) is 4.39. The van der Waals surface area contributed by atoms with Crippen LogP contribution in [-0.2, 0) is 6.18 Å². The van der Waals surface area contributed by atoms with Gasteiger partial charge < -0.3 is 9.80 Å². The lowest BCUT2D eigenvalue weighted by molar-refractivity contribution is -0.141. The van der Waals surface area contributed by atoms with E-state index in [9.17, 15) is 13.2 Å². The molecule has 2 aliphatic rings. The summed E-state index contributed by atoms with van der Waals surface area (Å²) in [5.41, 5.74) is 1.07. The van der Waals surface area contributed by atoms with Gasteiger partial charge in [0.15, 0.2) is 0 Å². The molecule has 144 valence electrons. The molecule has 0 aromatic carbocycles. The summed E-state index contributed by atoms with van der Waals surface area (Å²) < 4.78 is 39.2. The molecular formula is C18H21F3N6. The van der Waals surface area contributed by atoms with Crippen molar-refractivity contribution >= 4 is 11.8 Å². The predicted octanol–water partition coefficient (Wildman–Crippen LogP) is 3.15. The smallest absolute Gasteiger partial charge is 0.354 e. The van der Waals surface area contributed by atoms with E-state index >= 15 is 0 Å². The van der Waals surface area contributed by atoms with E-state index in [-0.39, 0.29) is 18.0 Å². The van der Waals surface area contributed by atoms with Gasteiger partial charge in [-0.1, -0.05) is 0 Å². The van der Waals surface area contributed by atoms with Crippen molar-refractivity contribution in [3.8, 4) is 0 Å². The topological polar surface area (TPSA) is 58.0 Å². The third-order valence-corrected chi connectivity index (χ3v) is 5.27. The lowest BCUT2D eigenvalue weighted by Crippen LogP contribution is -2.41. The molecule has 1 aliphatic heterocycles. The summed E-state index contributed by atoms with van der Waals surface area (Å²) in [7, 11) is 0. The minimum absolute atomic E-state index is 0.0654. The molecule has 27 heavy (non-hydrogen) atoms. The average molecular weight is 378 g/mol. The zero-order chi connectivity index (χ0) is 19.2. The first kappa shape index (κ1) is 17.9. The number of hydrogen-bond acceptors (Lipinski definition) is 6. The largest absolute Gasteiger partial charge is 0.433 e. The monoisotopic (exact) mass is 378 g/mol. The first-order valence-electron chi connectivity index (χ1n) is 9.06. The fourth-order valence-electron chi connectivity index (χ4n) is 3.61. The Morgan fingerprint density at radius 2 is 1.85 bits per heavy atom. The fraction of sp³-hybridized carbons (Fsp3) is 0.556. The summed E-state index contributed by atoms with van der Waals surface area (Å²) in [5, 5.41) is 0. The molecule has 9 heteroatoms. The van der Waals surface area contributed by atoms with E-state index in [0.717, 1.165) is 48.9 Å². The minimum atomic E-state index is -4.47. The number of hydrogen-bond donors (Lipinski definition) is 0. The van der Waals surface area contributed by atoms with E-state index in [4.69, 9.17) is 0 Å². The van der Waals surface area contributed by atoms with Crippen LogP contribution >= 0.6 is 0 Å². The number of aromatic nitrogens is 4. The molecule has 0 N–H and O–H groups in total. The second-order valence-corrected chi connectivity index (χ2v) is 7.17. The highest BCUT2D eigenvalue weighted by atomic mass is 19.4. The van der Waals surface area contributed by atoms with E-state index in [1.54, 1.807) is 6.33 Å². The highest BCUT2D eigenvalue weighted by Crippen LogP contribution is 2.36. The maximum Gasteiger partial charge on any atom is 0.433 e. The molecule has 2 aromatic rings. The number of halogens is 3. The second kappa shape index (κ2) is 6.61. The molecule has 4 rings (SSSR count). The van der Waals surface area contributed by atoms with Gasteiger partial charge in [0.2, 0.25) is 5.95 Å². The molecule has 1 unspecified atom stereocenters. The van der Waals surface area contributed by atoms with Gasteiger partial charge in [-0.3, -0.25) is 0 Å². The molecular weight excluding hydrogens is 357 g/mol. The maximum atomic E-state index is 13.1. The van der Waals surface area contributed by atoms with Crippen molar-refractivity contribution in [3.63, 3.8) is 0 Å². The molecule has 6 nitrogen and oxygen atoms in total. The summed E-state index contributed by atoms with van der Waals surface area (Å²) in [5.74, 6) is 1.07. The fourth-order valence-corrected chi connectivity index (χ4v) is 3.61. The van der Waals surface area contributed by atoms with Crippen LogP contribution in [-0.4, -0.2) is 45.1 Å². The van der Waals surface area contributed by atoms with E-state index in [0.29, 0.717) is 6.54 Å². The Bertz CT molecular complexity index is 836. The third kappa shape index (κ3) is 3.54. The zero-order valence-electron chi connectivity index (χ0n) is 15.2. The van der Waals surface area contributed by atoms with Crippen LogP contribution in [0.4, 0.5) is 24.9 Å². The summed E-state index contributed by atoms with van der Waals surface area (Å²) in [6.07, 6.45) is 1.04. The van der Waals surface area contributed by atoms with Gasteiger partial charge in [-0.2, -0.15) is 13.2 Å². The Balaban J connectivity index is 1.59. The number of nitrogens with zero attached hydrogens (tertiary/aromatic N) is 6. The van der Waals surface area contributed by atoms with Crippen molar-refractivity contribution < 1.29 is 13.2 Å². The molecule has 0 spiro atoms. The molecule has 0 amide bonds. The van der Waals surface area contributed by atoms with E-state index < -0.39 is 11.9 Å². The molecule has 3 heterocycles. The SMILES string of the molecule is Cc1ncnc(N2CCC(N(c3nccc(C(F)(F)F)n3)C3CC3)C2)c1C. The Morgan fingerprint density at radius 3 is 2.56 bits per heavy atom. The van der Waals surface area contributed by atoms with E-state index in [2.05, 4.69) is 24.8 Å². The quantitative estimate of drug-likeness (QED) is 0.815. The van der Waals surface area contributed by atoms with Gasteiger partial charge in [-0.15, -0.1) is 0 Å². The molecule has 2 fully saturated rings. The molecule has 0 radical (unpaired) electrons. The van der Waals surface area contributed by atoms with Crippen molar-refractivity contribution in [2.45, 2.75) is 51.4 Å². The van der Waals surface area contributed by atoms with Crippen LogP contribution in [0.5, 0.6) is 0 Å². The summed E-state index contributed by atoms with van der Waals surface area (Å²) in [6, 6.07) is 1.20. The highest BCUT2D eigenvalue weighted by Gasteiger charge is 2.40. The molecule has 1 aliphatic carbocycles. The summed E-state index contributed by atoms with van der Waals surface area (Å²) in [6.45, 7) is 5.42. The normalized spacial score (nSPS) is 20.2. The van der Waals surface area contributed by atoms with Crippen LogP contribution < -0.4 is 9.80 Å². The number of anilines is 2. The van der Waals surface area contributed by atoms with Crippen molar-refractivity contribution in [2.75, 3.05) is 22.9 Å². The third-order valence-electron chi connectivity index (χ3n) is 5.27. The number of alkyl halides is 3. The van der Waals surface area contributed by atoms with Crippen LogP contribution in [0.15, 0.2) is 18.6 Å². The minimum Gasteiger partial charge on any atom is -0.354 e. The number of aryl methyl sites for hydroxylation is 1. The number of rotatable bonds is 4. The lowest BCUT2D eigenvalue weighted by Gasteiger charge is -2.30. The first-order chi connectivity index (χ1) is 12.8. The van der Waals surface area contributed by atoms with E-state index in [1.807, 2.05) is 18.7 Å². The Morgan fingerprint density at radius 1 is 1.07 bits per heavy atom. The van der Waals surface area contributed by atoms with Crippen molar-refractivity contribution in [3.05, 3.63) is 35.5 Å².